The van der Waals surface area contributed by atoms with Crippen LogP contribution in [0.15, 0.2) is 55.6 Å². The number of hydrogen-bond acceptors (Lipinski definition) is 5. The average Bonchev–Trinajstić information content (AvgIpc) is 3.60. The predicted molar refractivity (Wildman–Crippen MR) is 156 cm³/mol. The number of nitrogens with zero attached hydrogens (tertiary/aromatic N) is 3. The molecule has 0 radical (unpaired) electrons. The van der Waals surface area contributed by atoms with Crippen LogP contribution >= 0.6 is 0 Å². The Morgan fingerprint density at radius 1 is 1.15 bits per heavy atom. The highest BCUT2D eigenvalue weighted by Gasteiger charge is 2.74. The van der Waals surface area contributed by atoms with E-state index in [1.54, 1.807) is 22.0 Å². The molecule has 2 bridgehead atoms. The first-order chi connectivity index (χ1) is 19.4. The van der Waals surface area contributed by atoms with E-state index in [1.807, 2.05) is 42.2 Å². The first-order valence-electron chi connectivity index (χ1n) is 14.8. The van der Waals surface area contributed by atoms with Crippen molar-refractivity contribution in [3.8, 4) is 0 Å². The third kappa shape index (κ3) is 5.36. The summed E-state index contributed by atoms with van der Waals surface area (Å²) in [7, 11) is 0. The summed E-state index contributed by atoms with van der Waals surface area (Å²) >= 11 is 0. The molecule has 3 amide bonds. The number of para-hydroxylation sites is 1. The molecule has 3 aliphatic heterocycles. The Labute approximate surface area is 238 Å². The number of fused-ring (bicyclic) bond motifs is 1. The number of hydrogen-bond donors (Lipinski definition) is 1. The molecule has 4 rings (SSSR count). The summed E-state index contributed by atoms with van der Waals surface area (Å²) in [6, 6.07) is 8.61. The Morgan fingerprint density at radius 2 is 1.88 bits per heavy atom. The van der Waals surface area contributed by atoms with Crippen molar-refractivity contribution in [2.75, 3.05) is 31.1 Å². The molecule has 1 aromatic rings. The van der Waals surface area contributed by atoms with Crippen LogP contribution in [0, 0.1) is 11.8 Å². The number of rotatable bonds is 15. The van der Waals surface area contributed by atoms with Gasteiger partial charge in [0.2, 0.25) is 17.7 Å². The minimum absolute atomic E-state index is 0.0190. The molecule has 1 spiro atoms. The molecule has 40 heavy (non-hydrogen) atoms. The van der Waals surface area contributed by atoms with Crippen LogP contribution in [0.4, 0.5) is 5.69 Å². The molecule has 3 unspecified atom stereocenters. The van der Waals surface area contributed by atoms with Gasteiger partial charge in [0.15, 0.2) is 0 Å². The SMILES string of the molecule is C=CCN(C(=O)[C@@H]1[C@H]2C(=O)N(CCCCCO)C(C(=O)N(CC=C)C(C)CCC)C23CC[C@H]1O3)c1ccccc1. The number of unbranched alkanes of at least 4 members (excludes halogenated alkanes) is 2. The summed E-state index contributed by atoms with van der Waals surface area (Å²) in [5, 5.41) is 9.28. The van der Waals surface area contributed by atoms with Gasteiger partial charge in [-0.25, -0.2) is 0 Å². The lowest BCUT2D eigenvalue weighted by molar-refractivity contribution is -0.149. The van der Waals surface area contributed by atoms with Crippen LogP contribution in [-0.2, 0) is 19.1 Å². The molecule has 6 atom stereocenters. The number of carbonyl (C=O) groups is 3. The zero-order chi connectivity index (χ0) is 28.9. The van der Waals surface area contributed by atoms with Gasteiger partial charge < -0.3 is 24.5 Å². The molecule has 0 aromatic heterocycles. The van der Waals surface area contributed by atoms with Crippen LogP contribution in [-0.4, -0.2) is 82.7 Å². The van der Waals surface area contributed by atoms with Crippen molar-refractivity contribution >= 4 is 23.4 Å². The van der Waals surface area contributed by atoms with E-state index in [0.717, 1.165) is 24.9 Å². The van der Waals surface area contributed by atoms with Gasteiger partial charge in [0.05, 0.1) is 17.9 Å². The highest BCUT2D eigenvalue weighted by Crippen LogP contribution is 2.59. The lowest BCUT2D eigenvalue weighted by Crippen LogP contribution is -2.58. The van der Waals surface area contributed by atoms with Crippen molar-refractivity contribution in [1.82, 2.24) is 9.80 Å². The number of carbonyl (C=O) groups excluding carboxylic acids is 3. The maximum atomic E-state index is 14.4. The Morgan fingerprint density at radius 3 is 2.52 bits per heavy atom. The molecular formula is C32H45N3O5. The highest BCUT2D eigenvalue weighted by molar-refractivity contribution is 6.03. The van der Waals surface area contributed by atoms with Gasteiger partial charge in [-0.1, -0.05) is 43.7 Å². The quantitative estimate of drug-likeness (QED) is 0.263. The van der Waals surface area contributed by atoms with E-state index in [2.05, 4.69) is 20.1 Å². The van der Waals surface area contributed by atoms with Gasteiger partial charge in [0, 0.05) is 38.0 Å². The van der Waals surface area contributed by atoms with Crippen molar-refractivity contribution in [1.29, 1.82) is 0 Å². The zero-order valence-corrected chi connectivity index (χ0v) is 24.0. The molecule has 0 saturated carbocycles. The monoisotopic (exact) mass is 551 g/mol. The molecule has 3 fully saturated rings. The standard InChI is InChI=1S/C32H45N3O5/c1-5-14-23(4)33(19-6-2)31(39)28-32-18-17-25(40-32)26(27(32)30(38)35(28)21-12-9-13-22-36)29(37)34(20-7-3)24-15-10-8-11-16-24/h6-8,10-11,15-16,23,25-28,36H,2-3,5,9,12-14,17-22H2,1,4H3/t23?,25-,26+,27+,28?,32?/m1/s1. The Hall–Kier alpha value is -2.97. The van der Waals surface area contributed by atoms with Gasteiger partial charge in [-0.05, 0) is 57.6 Å². The van der Waals surface area contributed by atoms with Gasteiger partial charge in [-0.15, -0.1) is 13.2 Å². The molecule has 218 valence electrons. The molecule has 0 aliphatic carbocycles. The smallest absolute Gasteiger partial charge is 0.248 e. The normalized spacial score (nSPS) is 27.4. The third-order valence-electron chi connectivity index (χ3n) is 8.87. The van der Waals surface area contributed by atoms with Crippen LogP contribution < -0.4 is 4.90 Å². The van der Waals surface area contributed by atoms with Gasteiger partial charge >= 0.3 is 0 Å². The number of aliphatic hydroxyl groups is 1. The van der Waals surface area contributed by atoms with E-state index in [1.165, 1.54) is 0 Å². The maximum Gasteiger partial charge on any atom is 0.248 e. The molecule has 3 saturated heterocycles. The van der Waals surface area contributed by atoms with Gasteiger partial charge in [-0.2, -0.15) is 0 Å². The van der Waals surface area contributed by atoms with Crippen molar-refractivity contribution in [3.63, 3.8) is 0 Å². The van der Waals surface area contributed by atoms with Crippen LogP contribution in [0.1, 0.15) is 58.8 Å². The second-order valence-electron chi connectivity index (χ2n) is 11.4. The highest BCUT2D eigenvalue weighted by atomic mass is 16.5. The van der Waals surface area contributed by atoms with Crippen molar-refractivity contribution in [2.24, 2.45) is 11.8 Å². The van der Waals surface area contributed by atoms with Crippen LogP contribution in [0.5, 0.6) is 0 Å². The number of aliphatic hydroxyl groups excluding tert-OH is 1. The van der Waals surface area contributed by atoms with E-state index in [9.17, 15) is 19.5 Å². The van der Waals surface area contributed by atoms with Crippen molar-refractivity contribution < 1.29 is 24.2 Å². The largest absolute Gasteiger partial charge is 0.396 e. The van der Waals surface area contributed by atoms with Gasteiger partial charge in [-0.3, -0.25) is 14.4 Å². The van der Waals surface area contributed by atoms with Crippen LogP contribution in [0.3, 0.4) is 0 Å². The number of ether oxygens (including phenoxy) is 1. The second kappa shape index (κ2) is 13.1. The fourth-order valence-corrected chi connectivity index (χ4v) is 7.12. The van der Waals surface area contributed by atoms with Crippen molar-refractivity contribution in [3.05, 3.63) is 55.6 Å². The van der Waals surface area contributed by atoms with Crippen LogP contribution in [0.25, 0.3) is 0 Å². The minimum Gasteiger partial charge on any atom is -0.396 e. The molecular weight excluding hydrogens is 506 g/mol. The Balaban J connectivity index is 1.72. The fourth-order valence-electron chi connectivity index (χ4n) is 7.12. The molecule has 3 heterocycles. The second-order valence-corrected chi connectivity index (χ2v) is 11.4. The first-order valence-corrected chi connectivity index (χ1v) is 14.8. The number of amides is 3. The van der Waals surface area contributed by atoms with Gasteiger partial charge in [0.1, 0.15) is 11.6 Å². The molecule has 8 nitrogen and oxygen atoms in total. The average molecular weight is 552 g/mol. The summed E-state index contributed by atoms with van der Waals surface area (Å²) in [6.07, 6.45) is 8.02. The summed E-state index contributed by atoms with van der Waals surface area (Å²) in [4.78, 5) is 48.1. The molecule has 1 N–H and O–H groups in total. The Bertz CT molecular complexity index is 1080. The number of benzene rings is 1. The molecule has 1 aromatic carbocycles. The third-order valence-corrected chi connectivity index (χ3v) is 8.87. The number of anilines is 1. The van der Waals surface area contributed by atoms with E-state index in [4.69, 9.17) is 4.74 Å². The molecule has 3 aliphatic rings. The van der Waals surface area contributed by atoms with Gasteiger partial charge in [0.25, 0.3) is 0 Å². The summed E-state index contributed by atoms with van der Waals surface area (Å²) in [6.45, 7) is 13.0. The number of likely N-dealkylation sites (tertiary alicyclic amines) is 1. The summed E-state index contributed by atoms with van der Waals surface area (Å²) in [5.41, 5.74) is -0.286. The van der Waals surface area contributed by atoms with E-state index < -0.39 is 29.6 Å². The maximum absolute atomic E-state index is 14.4. The summed E-state index contributed by atoms with van der Waals surface area (Å²) in [5.74, 6) is -1.84. The Kier molecular flexibility index (Phi) is 9.85. The lowest BCUT2D eigenvalue weighted by atomic mass is 9.70. The summed E-state index contributed by atoms with van der Waals surface area (Å²) < 4.78 is 6.66. The lowest BCUT2D eigenvalue weighted by Gasteiger charge is -2.39. The molecule has 8 heteroatoms. The predicted octanol–water partition coefficient (Wildman–Crippen LogP) is 3.95. The first kappa shape index (κ1) is 30.0. The zero-order valence-electron chi connectivity index (χ0n) is 24.0. The minimum atomic E-state index is -1.03. The fraction of sp³-hybridized carbons (Fsp3) is 0.594. The van der Waals surface area contributed by atoms with Crippen molar-refractivity contribution in [2.45, 2.75) is 82.6 Å². The van der Waals surface area contributed by atoms with E-state index in [-0.39, 0.29) is 30.4 Å². The van der Waals surface area contributed by atoms with E-state index in [0.29, 0.717) is 45.3 Å². The van der Waals surface area contributed by atoms with Crippen LogP contribution in [0.2, 0.25) is 0 Å². The topological polar surface area (TPSA) is 90.4 Å². The van der Waals surface area contributed by atoms with E-state index >= 15 is 0 Å².